The van der Waals surface area contributed by atoms with Crippen LogP contribution in [0.5, 0.6) is 0 Å². The van der Waals surface area contributed by atoms with Crippen LogP contribution in [0.15, 0.2) is 376 Å². The number of para-hydroxylation sites is 2. The fourth-order valence-corrected chi connectivity index (χ4v) is 29.5. The molecule has 0 saturated heterocycles. The minimum Gasteiger partial charge on any atom is -0.309 e. The third-order valence-corrected chi connectivity index (χ3v) is 33.2. The van der Waals surface area contributed by atoms with E-state index < -0.39 is 24.2 Å². The standard InChI is InChI=1S/C84H62N2Si3/c1-11-31-63(32-12-1)85-81-55-51-73(87(65-35-15-3-16-36-65,66-37-17-4-18-38-66)67-39-19-5-20-40-67)59-77(81)79-61-75(53-57-83(79)85)89(71-47-27-9-28-48-71,72-49-29-10-30-50-72)76-54-58-84-80(62-76)78-60-74(52-56-82(78)86(84)64-33-13-2-14-34-64)88(68-41-21-6-22-42-68,69-43-23-7-24-44-69)70-45-25-8-26-46-70/h1-62H. The normalized spacial score (nSPS) is 12.0. The van der Waals surface area contributed by atoms with E-state index in [4.69, 9.17) is 0 Å². The predicted molar refractivity (Wildman–Crippen MR) is 386 cm³/mol. The van der Waals surface area contributed by atoms with Crippen LogP contribution in [0.3, 0.4) is 0 Å². The van der Waals surface area contributed by atoms with Crippen molar-refractivity contribution in [2.75, 3.05) is 0 Å². The van der Waals surface area contributed by atoms with Gasteiger partial charge in [-0.3, -0.25) is 0 Å². The summed E-state index contributed by atoms with van der Waals surface area (Å²) in [5.41, 5.74) is 7.00. The van der Waals surface area contributed by atoms with Crippen molar-refractivity contribution in [3.8, 4) is 11.4 Å². The van der Waals surface area contributed by atoms with Crippen LogP contribution in [-0.2, 0) is 0 Å². The van der Waals surface area contributed by atoms with E-state index in [0.717, 1.165) is 11.4 Å². The molecular formula is C84H62N2Si3. The van der Waals surface area contributed by atoms with Gasteiger partial charge < -0.3 is 9.13 Å². The Balaban J connectivity index is 1.01. The molecule has 0 radical (unpaired) electrons. The first-order valence-electron chi connectivity index (χ1n) is 30.9. The van der Waals surface area contributed by atoms with Gasteiger partial charge in [0.05, 0.1) is 22.1 Å². The van der Waals surface area contributed by atoms with E-state index in [-0.39, 0.29) is 0 Å². The van der Waals surface area contributed by atoms with Crippen LogP contribution in [0.4, 0.5) is 0 Å². The molecule has 0 aliphatic rings. The van der Waals surface area contributed by atoms with Crippen molar-refractivity contribution in [3.05, 3.63) is 376 Å². The topological polar surface area (TPSA) is 9.86 Å². The van der Waals surface area contributed by atoms with Gasteiger partial charge in [0, 0.05) is 32.9 Å². The van der Waals surface area contributed by atoms with E-state index in [2.05, 4.69) is 385 Å². The molecule has 89 heavy (non-hydrogen) atoms. The van der Waals surface area contributed by atoms with Crippen molar-refractivity contribution in [2.24, 2.45) is 0 Å². The summed E-state index contributed by atoms with van der Waals surface area (Å²) in [4.78, 5) is 0. The van der Waals surface area contributed by atoms with Crippen LogP contribution in [0.1, 0.15) is 0 Å². The van der Waals surface area contributed by atoms with Gasteiger partial charge in [0.25, 0.3) is 0 Å². The Morgan fingerprint density at radius 2 is 0.303 bits per heavy atom. The Hall–Kier alpha value is -10.7. The first kappa shape index (κ1) is 53.8. The molecule has 14 aromatic carbocycles. The number of nitrogens with zero attached hydrogens (tertiary/aromatic N) is 2. The average molecular weight is 1180 g/mol. The molecule has 2 aromatic heterocycles. The quantitative estimate of drug-likeness (QED) is 0.0759. The Morgan fingerprint density at radius 3 is 0.483 bits per heavy atom. The molecule has 0 aliphatic heterocycles. The largest absolute Gasteiger partial charge is 0.309 e. The van der Waals surface area contributed by atoms with E-state index in [9.17, 15) is 0 Å². The smallest absolute Gasteiger partial charge is 0.179 e. The second-order valence-electron chi connectivity index (χ2n) is 23.4. The highest BCUT2D eigenvalue weighted by molar-refractivity contribution is 7.21. The summed E-state index contributed by atoms with van der Waals surface area (Å²) in [5.74, 6) is 0. The molecule has 0 atom stereocenters. The molecule has 5 heteroatoms. The number of hydrogen-bond acceptors (Lipinski definition) is 0. The monoisotopic (exact) mass is 1180 g/mol. The zero-order valence-corrected chi connectivity index (χ0v) is 52.2. The summed E-state index contributed by atoms with van der Waals surface area (Å²) in [5, 5.41) is 21.1. The molecular weight excluding hydrogens is 1120 g/mol. The van der Waals surface area contributed by atoms with Gasteiger partial charge in [0.1, 0.15) is 0 Å². The highest BCUT2D eigenvalue weighted by Crippen LogP contribution is 2.35. The van der Waals surface area contributed by atoms with Gasteiger partial charge in [-0.05, 0) is 111 Å². The van der Waals surface area contributed by atoms with Gasteiger partial charge in [0.2, 0.25) is 0 Å². The van der Waals surface area contributed by atoms with Gasteiger partial charge in [0.15, 0.2) is 24.2 Å². The van der Waals surface area contributed by atoms with Crippen LogP contribution < -0.4 is 62.2 Å². The van der Waals surface area contributed by atoms with E-state index in [1.165, 1.54) is 106 Å². The van der Waals surface area contributed by atoms with Crippen LogP contribution in [0.2, 0.25) is 0 Å². The maximum Gasteiger partial charge on any atom is 0.179 e. The number of rotatable bonds is 14. The Morgan fingerprint density at radius 1 is 0.146 bits per heavy atom. The summed E-state index contributed by atoms with van der Waals surface area (Å²) in [6, 6.07) is 143. The second kappa shape index (κ2) is 22.6. The lowest BCUT2D eigenvalue weighted by Gasteiger charge is -2.35. The molecule has 0 amide bonds. The Labute approximate surface area is 523 Å². The van der Waals surface area contributed by atoms with Crippen LogP contribution in [-0.4, -0.2) is 33.4 Å². The Bertz CT molecular complexity index is 4620. The van der Waals surface area contributed by atoms with Crippen molar-refractivity contribution in [1.82, 2.24) is 9.13 Å². The molecule has 16 rings (SSSR count). The van der Waals surface area contributed by atoms with Crippen molar-refractivity contribution in [1.29, 1.82) is 0 Å². The van der Waals surface area contributed by atoms with E-state index in [1.807, 2.05) is 0 Å². The zero-order valence-electron chi connectivity index (χ0n) is 49.2. The third-order valence-electron chi connectivity index (χ3n) is 18.9. The molecule has 2 nitrogen and oxygen atoms in total. The minimum atomic E-state index is -3.27. The van der Waals surface area contributed by atoms with E-state index >= 15 is 0 Å². The van der Waals surface area contributed by atoms with Gasteiger partial charge in [-0.25, -0.2) is 0 Å². The molecule has 2 heterocycles. The molecule has 0 spiro atoms. The molecule has 420 valence electrons. The van der Waals surface area contributed by atoms with Crippen LogP contribution in [0.25, 0.3) is 55.0 Å². The zero-order chi connectivity index (χ0) is 59.2. The lowest BCUT2D eigenvalue weighted by atomic mass is 10.1. The maximum atomic E-state index is 2.61. The third kappa shape index (κ3) is 8.64. The van der Waals surface area contributed by atoms with E-state index in [0.29, 0.717) is 0 Å². The second-order valence-corrected chi connectivity index (χ2v) is 34.9. The average Bonchev–Trinajstić information content (AvgIpc) is 1.76. The summed E-state index contributed by atoms with van der Waals surface area (Å²) in [7, 11) is -9.12. The van der Waals surface area contributed by atoms with Gasteiger partial charge in [-0.15, -0.1) is 0 Å². The fourth-order valence-electron chi connectivity index (χ4n) is 15.2. The predicted octanol–water partition coefficient (Wildman–Crippen LogP) is 12.0. The lowest BCUT2D eigenvalue weighted by Crippen LogP contribution is -2.74. The molecule has 0 bridgehead atoms. The molecule has 0 saturated carbocycles. The first-order valence-corrected chi connectivity index (χ1v) is 36.9. The van der Waals surface area contributed by atoms with Crippen molar-refractivity contribution < 1.29 is 0 Å². The lowest BCUT2D eigenvalue weighted by molar-refractivity contribution is 1.18. The molecule has 0 fully saturated rings. The highest BCUT2D eigenvalue weighted by Gasteiger charge is 2.45. The van der Waals surface area contributed by atoms with Gasteiger partial charge >= 0.3 is 0 Å². The van der Waals surface area contributed by atoms with Gasteiger partial charge in [-0.1, -0.05) is 328 Å². The fraction of sp³-hybridized carbons (Fsp3) is 0. The first-order chi connectivity index (χ1) is 44.2. The minimum absolute atomic E-state index is 1.14. The summed E-state index contributed by atoms with van der Waals surface area (Å²) in [6.45, 7) is 0. The highest BCUT2D eigenvalue weighted by atomic mass is 28.3. The van der Waals surface area contributed by atoms with Crippen LogP contribution in [0, 0.1) is 0 Å². The van der Waals surface area contributed by atoms with Crippen molar-refractivity contribution in [2.45, 2.75) is 0 Å². The Kier molecular flexibility index (Phi) is 13.6. The summed E-state index contributed by atoms with van der Waals surface area (Å²) < 4.78 is 4.99. The van der Waals surface area contributed by atoms with Crippen molar-refractivity contribution >= 4 is 130 Å². The summed E-state index contributed by atoms with van der Waals surface area (Å²) >= 11 is 0. The molecule has 0 aliphatic carbocycles. The summed E-state index contributed by atoms with van der Waals surface area (Å²) in [6.07, 6.45) is 0. The van der Waals surface area contributed by atoms with Crippen LogP contribution >= 0.6 is 0 Å². The molecule has 0 unspecified atom stereocenters. The van der Waals surface area contributed by atoms with Crippen molar-refractivity contribution in [3.63, 3.8) is 0 Å². The SMILES string of the molecule is c1ccc(-n2c3ccc([Si](c4ccccc4)(c4ccccc4)c4ccccc4)cc3c3cc([Si](c4ccccc4)(c4ccccc4)c4ccc5c(c4)c4cc([Si](c6ccccc6)(c6ccccc6)c6ccccc6)ccc4n5-c4ccccc4)ccc32)cc1. The molecule has 0 N–H and O–H groups in total. The molecule has 16 aromatic rings. The van der Waals surface area contributed by atoms with E-state index in [1.54, 1.807) is 0 Å². The maximum absolute atomic E-state index is 3.27. The number of fused-ring (bicyclic) bond motifs is 6. The number of hydrogen-bond donors (Lipinski definition) is 0. The number of benzene rings is 14. The number of aromatic nitrogens is 2. The van der Waals surface area contributed by atoms with Gasteiger partial charge in [-0.2, -0.15) is 0 Å².